The minimum absolute atomic E-state index is 0.436. The molecule has 1 aliphatic rings. The third-order valence-electron chi connectivity index (χ3n) is 4.94. The first-order valence-corrected chi connectivity index (χ1v) is 10.1. The summed E-state index contributed by atoms with van der Waals surface area (Å²) in [6.07, 6.45) is 0. The van der Waals surface area contributed by atoms with Gasteiger partial charge in [0.1, 0.15) is 0 Å². The third kappa shape index (κ3) is 5.92. The second-order valence-electron chi connectivity index (χ2n) is 7.57. The molecule has 2 aromatic carbocycles. The molecular formula is C22H32N4O2. The maximum absolute atomic E-state index is 10.8. The number of guanidine groups is 1. The standard InChI is InChI=1S/C22H32N4O2/c1-3-23-21(25-16-22(2,27)17-26-11-13-28-14-12-26)24-15-19-9-6-8-18-7-4-5-10-20(18)19/h4-10,27H,3,11-17H2,1-2H3,(H2,23,24,25). The van der Waals surface area contributed by atoms with Crippen molar-refractivity contribution in [2.75, 3.05) is 45.9 Å². The van der Waals surface area contributed by atoms with Crippen LogP contribution in [0.2, 0.25) is 0 Å². The van der Waals surface area contributed by atoms with E-state index >= 15 is 0 Å². The average molecular weight is 385 g/mol. The van der Waals surface area contributed by atoms with Crippen molar-refractivity contribution >= 4 is 16.7 Å². The molecule has 0 radical (unpaired) electrons. The minimum atomic E-state index is -0.840. The molecule has 0 aliphatic carbocycles. The number of nitrogens with zero attached hydrogens (tertiary/aromatic N) is 2. The molecule has 1 heterocycles. The smallest absolute Gasteiger partial charge is 0.191 e. The van der Waals surface area contributed by atoms with Gasteiger partial charge in [0.25, 0.3) is 0 Å². The summed E-state index contributed by atoms with van der Waals surface area (Å²) in [5, 5.41) is 19.8. The molecule has 0 spiro atoms. The lowest BCUT2D eigenvalue weighted by atomic mass is 10.0. The van der Waals surface area contributed by atoms with E-state index in [-0.39, 0.29) is 0 Å². The molecule has 3 rings (SSSR count). The zero-order valence-corrected chi connectivity index (χ0v) is 16.9. The van der Waals surface area contributed by atoms with Crippen LogP contribution >= 0.6 is 0 Å². The van der Waals surface area contributed by atoms with Gasteiger partial charge in [0, 0.05) is 32.7 Å². The number of ether oxygens (including phenoxy) is 1. The SMILES string of the molecule is CCNC(=NCc1cccc2ccccc12)NCC(C)(O)CN1CCOCC1. The highest BCUT2D eigenvalue weighted by atomic mass is 16.5. The maximum Gasteiger partial charge on any atom is 0.191 e. The van der Waals surface area contributed by atoms with Gasteiger partial charge in [0.15, 0.2) is 5.96 Å². The van der Waals surface area contributed by atoms with Gasteiger partial charge >= 0.3 is 0 Å². The Labute approximate surface area is 167 Å². The molecule has 0 amide bonds. The van der Waals surface area contributed by atoms with Crippen molar-refractivity contribution in [1.82, 2.24) is 15.5 Å². The fourth-order valence-electron chi connectivity index (χ4n) is 3.51. The first-order valence-electron chi connectivity index (χ1n) is 10.1. The number of fused-ring (bicyclic) bond motifs is 1. The summed E-state index contributed by atoms with van der Waals surface area (Å²) in [4.78, 5) is 6.97. The quantitative estimate of drug-likeness (QED) is 0.503. The molecule has 152 valence electrons. The summed E-state index contributed by atoms with van der Waals surface area (Å²) in [5.74, 6) is 0.720. The summed E-state index contributed by atoms with van der Waals surface area (Å²) in [5.41, 5.74) is 0.350. The van der Waals surface area contributed by atoms with E-state index in [1.165, 1.54) is 16.3 Å². The van der Waals surface area contributed by atoms with Gasteiger partial charge in [0.2, 0.25) is 0 Å². The molecule has 0 aromatic heterocycles. The van der Waals surface area contributed by atoms with Gasteiger partial charge < -0.3 is 20.5 Å². The molecular weight excluding hydrogens is 352 g/mol. The lowest BCUT2D eigenvalue weighted by Crippen LogP contribution is -2.52. The first-order chi connectivity index (χ1) is 13.6. The Hall–Kier alpha value is -2.15. The number of rotatable bonds is 7. The van der Waals surface area contributed by atoms with E-state index in [1.807, 2.05) is 13.8 Å². The summed E-state index contributed by atoms with van der Waals surface area (Å²) >= 11 is 0. The maximum atomic E-state index is 10.8. The third-order valence-corrected chi connectivity index (χ3v) is 4.94. The normalized spacial score (nSPS) is 18.0. The molecule has 28 heavy (non-hydrogen) atoms. The van der Waals surface area contributed by atoms with Crippen molar-refractivity contribution in [2.24, 2.45) is 4.99 Å². The van der Waals surface area contributed by atoms with Crippen LogP contribution < -0.4 is 10.6 Å². The zero-order valence-electron chi connectivity index (χ0n) is 16.9. The highest BCUT2D eigenvalue weighted by Crippen LogP contribution is 2.19. The zero-order chi connectivity index (χ0) is 19.8. The number of hydrogen-bond donors (Lipinski definition) is 3. The van der Waals surface area contributed by atoms with E-state index in [0.717, 1.165) is 38.8 Å². The van der Waals surface area contributed by atoms with Gasteiger partial charge in [-0.1, -0.05) is 42.5 Å². The van der Waals surface area contributed by atoms with Gasteiger partial charge in [-0.2, -0.15) is 0 Å². The molecule has 6 nitrogen and oxygen atoms in total. The largest absolute Gasteiger partial charge is 0.387 e. The van der Waals surface area contributed by atoms with Gasteiger partial charge in [0.05, 0.1) is 25.4 Å². The van der Waals surface area contributed by atoms with Gasteiger partial charge in [-0.25, -0.2) is 4.99 Å². The predicted molar refractivity (Wildman–Crippen MR) is 115 cm³/mol. The summed E-state index contributed by atoms with van der Waals surface area (Å²) < 4.78 is 5.38. The number of morpholine rings is 1. The Balaban J connectivity index is 1.62. The van der Waals surface area contributed by atoms with Gasteiger partial charge in [-0.15, -0.1) is 0 Å². The molecule has 1 saturated heterocycles. The van der Waals surface area contributed by atoms with Crippen molar-refractivity contribution in [3.63, 3.8) is 0 Å². The van der Waals surface area contributed by atoms with Gasteiger partial charge in [-0.3, -0.25) is 4.90 Å². The molecule has 6 heteroatoms. The van der Waals surface area contributed by atoms with Gasteiger partial charge in [-0.05, 0) is 30.2 Å². The Morgan fingerprint density at radius 2 is 1.89 bits per heavy atom. The van der Waals surface area contributed by atoms with Crippen LogP contribution in [0.1, 0.15) is 19.4 Å². The highest BCUT2D eigenvalue weighted by molar-refractivity contribution is 5.86. The van der Waals surface area contributed by atoms with Crippen molar-refractivity contribution in [1.29, 1.82) is 0 Å². The minimum Gasteiger partial charge on any atom is -0.387 e. The Bertz CT molecular complexity index is 780. The Morgan fingerprint density at radius 1 is 1.14 bits per heavy atom. The van der Waals surface area contributed by atoms with E-state index in [2.05, 4.69) is 58.0 Å². The van der Waals surface area contributed by atoms with Crippen molar-refractivity contribution in [3.8, 4) is 0 Å². The lowest BCUT2D eigenvalue weighted by molar-refractivity contribution is -0.0201. The number of hydrogen-bond acceptors (Lipinski definition) is 4. The van der Waals surface area contributed by atoms with E-state index in [0.29, 0.717) is 19.6 Å². The van der Waals surface area contributed by atoms with E-state index in [4.69, 9.17) is 9.73 Å². The fraction of sp³-hybridized carbons (Fsp3) is 0.500. The second-order valence-corrected chi connectivity index (χ2v) is 7.57. The highest BCUT2D eigenvalue weighted by Gasteiger charge is 2.25. The monoisotopic (exact) mass is 384 g/mol. The number of aliphatic imine (C=N–C) groups is 1. The molecule has 1 unspecified atom stereocenters. The van der Waals surface area contributed by atoms with Crippen LogP contribution in [0.25, 0.3) is 10.8 Å². The molecule has 2 aromatic rings. The lowest BCUT2D eigenvalue weighted by Gasteiger charge is -2.34. The molecule has 1 aliphatic heterocycles. The summed E-state index contributed by atoms with van der Waals surface area (Å²) in [6, 6.07) is 14.7. The topological polar surface area (TPSA) is 69.1 Å². The van der Waals surface area contributed by atoms with Crippen LogP contribution in [-0.2, 0) is 11.3 Å². The first kappa shape index (κ1) is 20.6. The van der Waals surface area contributed by atoms with E-state index in [9.17, 15) is 5.11 Å². The number of benzene rings is 2. The van der Waals surface area contributed by atoms with Crippen LogP contribution in [0.3, 0.4) is 0 Å². The fourth-order valence-corrected chi connectivity index (χ4v) is 3.51. The van der Waals surface area contributed by atoms with E-state index < -0.39 is 5.60 Å². The summed E-state index contributed by atoms with van der Waals surface area (Å²) in [6.45, 7) is 9.52. The van der Waals surface area contributed by atoms with Crippen molar-refractivity contribution in [2.45, 2.75) is 26.0 Å². The van der Waals surface area contributed by atoms with Crippen LogP contribution in [0.5, 0.6) is 0 Å². The second kappa shape index (κ2) is 9.87. The predicted octanol–water partition coefficient (Wildman–Crippen LogP) is 1.98. The van der Waals surface area contributed by atoms with E-state index in [1.54, 1.807) is 0 Å². The average Bonchev–Trinajstić information content (AvgIpc) is 2.70. The van der Waals surface area contributed by atoms with Crippen LogP contribution in [0.15, 0.2) is 47.5 Å². The number of β-amino-alcohol motifs (C(OH)–C–C–N with tert-alkyl or cyclic N) is 1. The molecule has 0 bridgehead atoms. The van der Waals surface area contributed by atoms with Crippen molar-refractivity contribution < 1.29 is 9.84 Å². The van der Waals surface area contributed by atoms with Crippen LogP contribution in [0, 0.1) is 0 Å². The molecule has 0 saturated carbocycles. The molecule has 1 fully saturated rings. The van der Waals surface area contributed by atoms with Crippen LogP contribution in [-0.4, -0.2) is 67.5 Å². The van der Waals surface area contributed by atoms with Crippen molar-refractivity contribution in [3.05, 3.63) is 48.0 Å². The Kier molecular flexibility index (Phi) is 7.25. The van der Waals surface area contributed by atoms with Crippen LogP contribution in [0.4, 0.5) is 0 Å². The number of nitrogens with one attached hydrogen (secondary N) is 2. The summed E-state index contributed by atoms with van der Waals surface area (Å²) in [7, 11) is 0. The number of aliphatic hydroxyl groups is 1. The Morgan fingerprint density at radius 3 is 2.68 bits per heavy atom. The molecule has 1 atom stereocenters. The molecule has 3 N–H and O–H groups in total.